The van der Waals surface area contributed by atoms with Crippen LogP contribution in [0.3, 0.4) is 0 Å². The summed E-state index contributed by atoms with van der Waals surface area (Å²) in [5.41, 5.74) is 0.630. The Balaban J connectivity index is 1.71. The molecule has 1 saturated carbocycles. The van der Waals surface area contributed by atoms with Crippen molar-refractivity contribution in [1.29, 1.82) is 0 Å². The fraction of sp³-hybridized carbons (Fsp3) is 0.300. The van der Waals surface area contributed by atoms with Crippen molar-refractivity contribution in [2.75, 3.05) is 12.4 Å². The lowest BCUT2D eigenvalue weighted by atomic mass is 10.1. The van der Waals surface area contributed by atoms with Gasteiger partial charge in [-0.2, -0.15) is 13.2 Å². The van der Waals surface area contributed by atoms with Gasteiger partial charge in [0.2, 0.25) is 0 Å². The van der Waals surface area contributed by atoms with Crippen LogP contribution in [-0.2, 0) is 12.7 Å². The van der Waals surface area contributed by atoms with Gasteiger partial charge < -0.3 is 15.5 Å². The molecule has 0 aliphatic heterocycles. The van der Waals surface area contributed by atoms with E-state index in [1.807, 2.05) is 0 Å². The van der Waals surface area contributed by atoms with Crippen LogP contribution in [0.15, 0.2) is 48.5 Å². The summed E-state index contributed by atoms with van der Waals surface area (Å²) < 4.78 is 38.6. The van der Waals surface area contributed by atoms with Crippen LogP contribution in [0.25, 0.3) is 0 Å². The number of rotatable bonds is 5. The molecule has 3 amide bonds. The second-order valence-corrected chi connectivity index (χ2v) is 6.64. The average molecular weight is 391 g/mol. The summed E-state index contributed by atoms with van der Waals surface area (Å²) in [5, 5.41) is 5.09. The highest BCUT2D eigenvalue weighted by Crippen LogP contribution is 2.32. The molecule has 0 radical (unpaired) electrons. The summed E-state index contributed by atoms with van der Waals surface area (Å²) in [5.74, 6) is -0.201. The van der Waals surface area contributed by atoms with Gasteiger partial charge in [-0.15, -0.1) is 0 Å². The number of amides is 3. The van der Waals surface area contributed by atoms with E-state index in [0.717, 1.165) is 30.5 Å². The van der Waals surface area contributed by atoms with E-state index in [1.54, 1.807) is 36.2 Å². The minimum atomic E-state index is -4.47. The van der Waals surface area contributed by atoms with Crippen molar-refractivity contribution in [3.63, 3.8) is 0 Å². The summed E-state index contributed by atoms with van der Waals surface area (Å²) in [6.45, 7) is 0.309. The minimum Gasteiger partial charge on any atom is -0.355 e. The van der Waals surface area contributed by atoms with Crippen molar-refractivity contribution in [1.82, 2.24) is 10.2 Å². The quantitative estimate of drug-likeness (QED) is 0.800. The smallest absolute Gasteiger partial charge is 0.355 e. The first-order valence-electron chi connectivity index (χ1n) is 8.84. The second kappa shape index (κ2) is 7.92. The third kappa shape index (κ3) is 4.82. The van der Waals surface area contributed by atoms with E-state index in [4.69, 9.17) is 0 Å². The molecule has 0 bridgehead atoms. The standard InChI is InChI=1S/C20H20F3N3O2/c1-24-18(27)14-7-5-13(6-8-14)12-26(17-9-10-17)19(28)25-16-4-2-3-15(11-16)20(21,22)23/h2-8,11,17H,9-10,12H2,1H3,(H,24,27)(H,25,28). The van der Waals surface area contributed by atoms with E-state index in [1.165, 1.54) is 12.1 Å². The van der Waals surface area contributed by atoms with E-state index >= 15 is 0 Å². The number of nitrogens with zero attached hydrogens (tertiary/aromatic N) is 1. The number of carbonyl (C=O) groups excluding carboxylic acids is 2. The lowest BCUT2D eigenvalue weighted by Gasteiger charge is -2.23. The molecule has 2 aromatic rings. The largest absolute Gasteiger partial charge is 0.416 e. The van der Waals surface area contributed by atoms with Crippen LogP contribution in [0.5, 0.6) is 0 Å². The summed E-state index contributed by atoms with van der Waals surface area (Å²) in [7, 11) is 1.54. The fourth-order valence-electron chi connectivity index (χ4n) is 2.82. The van der Waals surface area contributed by atoms with Gasteiger partial charge in [0.1, 0.15) is 0 Å². The molecule has 148 valence electrons. The molecular formula is C20H20F3N3O2. The van der Waals surface area contributed by atoms with Crippen LogP contribution in [0.1, 0.15) is 34.3 Å². The lowest BCUT2D eigenvalue weighted by molar-refractivity contribution is -0.137. The van der Waals surface area contributed by atoms with Crippen LogP contribution < -0.4 is 10.6 Å². The van der Waals surface area contributed by atoms with Gasteiger partial charge in [-0.1, -0.05) is 18.2 Å². The molecule has 1 fully saturated rings. The van der Waals surface area contributed by atoms with Gasteiger partial charge in [0.25, 0.3) is 5.91 Å². The number of nitrogens with one attached hydrogen (secondary N) is 2. The van der Waals surface area contributed by atoms with Crippen molar-refractivity contribution in [2.24, 2.45) is 0 Å². The maximum atomic E-state index is 12.9. The third-order valence-electron chi connectivity index (χ3n) is 4.49. The van der Waals surface area contributed by atoms with Crippen LogP contribution in [0, 0.1) is 0 Å². The first-order valence-corrected chi connectivity index (χ1v) is 8.84. The lowest BCUT2D eigenvalue weighted by Crippen LogP contribution is -2.36. The Labute approximate surface area is 160 Å². The molecule has 5 nitrogen and oxygen atoms in total. The molecule has 0 aromatic heterocycles. The number of alkyl halides is 3. The fourth-order valence-corrected chi connectivity index (χ4v) is 2.82. The SMILES string of the molecule is CNC(=O)c1ccc(CN(C(=O)Nc2cccc(C(F)(F)F)c2)C2CC2)cc1. The van der Waals surface area contributed by atoms with Crippen molar-refractivity contribution in [3.8, 4) is 0 Å². The molecule has 3 rings (SSSR count). The Bertz CT molecular complexity index is 862. The minimum absolute atomic E-state index is 0.0596. The molecule has 0 unspecified atom stereocenters. The Morgan fingerprint density at radius 2 is 1.79 bits per heavy atom. The molecular weight excluding hydrogens is 371 g/mol. The zero-order valence-electron chi connectivity index (χ0n) is 15.2. The number of urea groups is 1. The predicted octanol–water partition coefficient (Wildman–Crippen LogP) is 4.26. The van der Waals surface area contributed by atoms with Gasteiger partial charge in [0, 0.05) is 30.9 Å². The number of hydrogen-bond donors (Lipinski definition) is 2. The molecule has 8 heteroatoms. The molecule has 1 aliphatic rings. The number of anilines is 1. The number of hydrogen-bond acceptors (Lipinski definition) is 2. The Morgan fingerprint density at radius 3 is 2.36 bits per heavy atom. The molecule has 0 spiro atoms. The molecule has 1 aliphatic carbocycles. The summed E-state index contributed by atoms with van der Waals surface area (Å²) >= 11 is 0. The molecule has 0 atom stereocenters. The van der Waals surface area contributed by atoms with Gasteiger partial charge in [0.05, 0.1) is 5.56 Å². The second-order valence-electron chi connectivity index (χ2n) is 6.64. The number of carbonyl (C=O) groups is 2. The molecule has 0 heterocycles. The van der Waals surface area contributed by atoms with E-state index in [2.05, 4.69) is 10.6 Å². The molecule has 2 aromatic carbocycles. The molecule has 2 N–H and O–H groups in total. The Hall–Kier alpha value is -3.03. The van der Waals surface area contributed by atoms with Crippen molar-refractivity contribution in [2.45, 2.75) is 31.6 Å². The average Bonchev–Trinajstić information content (AvgIpc) is 3.50. The maximum absolute atomic E-state index is 12.9. The van der Waals surface area contributed by atoms with Crippen molar-refractivity contribution in [3.05, 3.63) is 65.2 Å². The molecule has 28 heavy (non-hydrogen) atoms. The Kier molecular flexibility index (Phi) is 5.58. The van der Waals surface area contributed by atoms with Crippen LogP contribution in [0.4, 0.5) is 23.7 Å². The van der Waals surface area contributed by atoms with E-state index in [0.29, 0.717) is 12.1 Å². The summed E-state index contributed by atoms with van der Waals surface area (Å²) in [6.07, 6.45) is -2.76. The topological polar surface area (TPSA) is 61.4 Å². The summed E-state index contributed by atoms with van der Waals surface area (Å²) in [4.78, 5) is 25.9. The highest BCUT2D eigenvalue weighted by atomic mass is 19.4. The maximum Gasteiger partial charge on any atom is 0.416 e. The summed E-state index contributed by atoms with van der Waals surface area (Å²) in [6, 6.07) is 11.0. The normalized spacial score (nSPS) is 13.7. The van der Waals surface area contributed by atoms with Crippen molar-refractivity contribution < 1.29 is 22.8 Å². The van der Waals surface area contributed by atoms with Gasteiger partial charge in [0.15, 0.2) is 0 Å². The van der Waals surface area contributed by atoms with Crippen LogP contribution in [-0.4, -0.2) is 29.9 Å². The van der Waals surface area contributed by atoms with Crippen LogP contribution in [0.2, 0.25) is 0 Å². The van der Waals surface area contributed by atoms with E-state index in [9.17, 15) is 22.8 Å². The first kappa shape index (κ1) is 19.7. The van der Waals surface area contributed by atoms with Gasteiger partial charge in [-0.05, 0) is 48.7 Å². The first-order chi connectivity index (χ1) is 13.3. The number of halogens is 3. The van der Waals surface area contributed by atoms with Crippen molar-refractivity contribution >= 4 is 17.6 Å². The van der Waals surface area contributed by atoms with Gasteiger partial charge >= 0.3 is 12.2 Å². The third-order valence-corrected chi connectivity index (χ3v) is 4.49. The van der Waals surface area contributed by atoms with E-state index < -0.39 is 17.8 Å². The highest BCUT2D eigenvalue weighted by molar-refractivity contribution is 5.94. The zero-order chi connectivity index (χ0) is 20.3. The van der Waals surface area contributed by atoms with Gasteiger partial charge in [-0.25, -0.2) is 4.79 Å². The predicted molar refractivity (Wildman–Crippen MR) is 98.9 cm³/mol. The van der Waals surface area contributed by atoms with E-state index in [-0.39, 0.29) is 17.6 Å². The monoisotopic (exact) mass is 391 g/mol. The zero-order valence-corrected chi connectivity index (χ0v) is 15.2. The Morgan fingerprint density at radius 1 is 1.11 bits per heavy atom. The highest BCUT2D eigenvalue weighted by Gasteiger charge is 2.33. The van der Waals surface area contributed by atoms with Gasteiger partial charge in [-0.3, -0.25) is 4.79 Å². The number of benzene rings is 2. The molecule has 0 saturated heterocycles. The van der Waals surface area contributed by atoms with Crippen LogP contribution >= 0.6 is 0 Å².